The smallest absolute Gasteiger partial charge is 0.427 e. The number of halogens is 4. The molecule has 0 aromatic heterocycles. The molecule has 0 saturated carbocycles. The summed E-state index contributed by atoms with van der Waals surface area (Å²) in [6.07, 6.45) is -5.09. The number of carbonyl (C=O) groups excluding carboxylic acids is 1. The van der Waals surface area contributed by atoms with E-state index in [1.54, 1.807) is 0 Å². The highest BCUT2D eigenvalue weighted by molar-refractivity contribution is 5.75. The van der Waals surface area contributed by atoms with E-state index in [1.807, 2.05) is 0 Å². The van der Waals surface area contributed by atoms with Crippen molar-refractivity contribution in [3.63, 3.8) is 0 Å². The predicted octanol–water partition coefficient (Wildman–Crippen LogP) is 1.02. The molecule has 0 unspecified atom stereocenters. The van der Waals surface area contributed by atoms with E-state index >= 15 is 0 Å². The van der Waals surface area contributed by atoms with Crippen LogP contribution in [0.15, 0.2) is 0 Å². The van der Waals surface area contributed by atoms with Gasteiger partial charge >= 0.3 is 12.1 Å². The minimum absolute atomic E-state index is 1.75. The average Bonchev–Trinajstić information content (AvgIpc) is 1.64. The molecule has 0 spiro atoms. The molecule has 0 heterocycles. The van der Waals surface area contributed by atoms with Gasteiger partial charge in [-0.1, -0.05) is 0 Å². The molecule has 6 heteroatoms. The summed E-state index contributed by atoms with van der Waals surface area (Å²) >= 11 is 0. The van der Waals surface area contributed by atoms with E-state index in [4.69, 9.17) is 0 Å². The summed E-state index contributed by atoms with van der Waals surface area (Å²) in [7, 11) is 0. The summed E-state index contributed by atoms with van der Waals surface area (Å²) in [4.78, 5) is 9.48. The van der Waals surface area contributed by atoms with Crippen LogP contribution in [0.5, 0.6) is 0 Å². The number of hydrogen-bond donors (Lipinski definition) is 0. The molecule has 0 aromatic carbocycles. The molecule has 0 N–H and O–H groups in total. The summed E-state index contributed by atoms with van der Waals surface area (Å²) in [5.41, 5.74) is 0. The van der Waals surface area contributed by atoms with Crippen LogP contribution in [0.25, 0.3) is 0 Å². The van der Waals surface area contributed by atoms with Crippen molar-refractivity contribution in [2.75, 3.05) is 6.86 Å². The van der Waals surface area contributed by atoms with Gasteiger partial charge in [-0.25, -0.2) is 9.18 Å². The van der Waals surface area contributed by atoms with E-state index < -0.39 is 19.0 Å². The monoisotopic (exact) mass is 146 g/mol. The number of alkyl halides is 4. The SMILES string of the molecule is O=C(OCF)C(F)(F)F. The number of ether oxygens (including phenoxy) is 1. The summed E-state index contributed by atoms with van der Waals surface area (Å²) in [6, 6.07) is 0. The van der Waals surface area contributed by atoms with E-state index in [0.29, 0.717) is 0 Å². The molecule has 54 valence electrons. The molecule has 0 saturated heterocycles. The molecule has 0 atom stereocenters. The molecule has 0 aromatic rings. The zero-order valence-electron chi connectivity index (χ0n) is 4.04. The number of hydrogen-bond acceptors (Lipinski definition) is 2. The molecule has 0 aliphatic heterocycles. The van der Waals surface area contributed by atoms with E-state index in [1.165, 1.54) is 0 Å². The topological polar surface area (TPSA) is 26.3 Å². The lowest BCUT2D eigenvalue weighted by Gasteiger charge is -2.01. The minimum Gasteiger partial charge on any atom is -0.427 e. The fourth-order valence-corrected chi connectivity index (χ4v) is 0.131. The maximum absolute atomic E-state index is 11.0. The Bertz CT molecular complexity index is 107. The molecule has 0 aliphatic rings. The first-order valence-electron chi connectivity index (χ1n) is 1.78. The van der Waals surface area contributed by atoms with Crippen molar-refractivity contribution >= 4 is 5.97 Å². The highest BCUT2D eigenvalue weighted by atomic mass is 19.4. The van der Waals surface area contributed by atoms with Crippen LogP contribution >= 0.6 is 0 Å². The predicted molar refractivity (Wildman–Crippen MR) is 18.1 cm³/mol. The lowest BCUT2D eigenvalue weighted by Crippen LogP contribution is -2.24. The van der Waals surface area contributed by atoms with Crippen molar-refractivity contribution in [2.45, 2.75) is 6.18 Å². The van der Waals surface area contributed by atoms with Gasteiger partial charge in [-0.15, -0.1) is 0 Å². The molecule has 0 radical (unpaired) electrons. The standard InChI is InChI=1S/C3H2F4O2/c4-1-9-2(8)3(5,6)7/h1H2. The summed E-state index contributed by atoms with van der Waals surface area (Å²) in [5.74, 6) is -2.51. The second-order valence-electron chi connectivity index (χ2n) is 1.04. The molecule has 2 nitrogen and oxygen atoms in total. The van der Waals surface area contributed by atoms with Gasteiger partial charge in [0.25, 0.3) is 0 Å². The zero-order chi connectivity index (χ0) is 7.49. The van der Waals surface area contributed by atoms with Crippen molar-refractivity contribution in [2.24, 2.45) is 0 Å². The molecule has 0 amide bonds. The van der Waals surface area contributed by atoms with E-state index in [-0.39, 0.29) is 0 Å². The van der Waals surface area contributed by atoms with Gasteiger partial charge in [0.1, 0.15) is 0 Å². The Morgan fingerprint density at radius 2 is 1.89 bits per heavy atom. The fraction of sp³-hybridized carbons (Fsp3) is 0.667. The van der Waals surface area contributed by atoms with E-state index in [2.05, 4.69) is 4.74 Å². The molecule has 9 heavy (non-hydrogen) atoms. The Labute approximate surface area is 47.4 Å². The third kappa shape index (κ3) is 2.89. The van der Waals surface area contributed by atoms with Crippen molar-refractivity contribution in [1.82, 2.24) is 0 Å². The van der Waals surface area contributed by atoms with Crippen LogP contribution in [0.4, 0.5) is 17.6 Å². The van der Waals surface area contributed by atoms with Crippen LogP contribution in [-0.4, -0.2) is 19.0 Å². The summed E-state index contributed by atoms with van der Waals surface area (Å²) in [6.45, 7) is -1.75. The van der Waals surface area contributed by atoms with Crippen molar-refractivity contribution in [3.05, 3.63) is 0 Å². The van der Waals surface area contributed by atoms with Crippen LogP contribution in [-0.2, 0) is 9.53 Å². The molecule has 0 aliphatic carbocycles. The summed E-state index contributed by atoms with van der Waals surface area (Å²) in [5, 5.41) is 0. The molecular weight excluding hydrogens is 144 g/mol. The maximum atomic E-state index is 11.0. The third-order valence-corrected chi connectivity index (χ3v) is 0.417. The minimum atomic E-state index is -5.09. The Morgan fingerprint density at radius 3 is 2.00 bits per heavy atom. The van der Waals surface area contributed by atoms with Gasteiger partial charge in [0, 0.05) is 0 Å². The fourth-order valence-electron chi connectivity index (χ4n) is 0.131. The first-order valence-corrected chi connectivity index (χ1v) is 1.78. The Hall–Kier alpha value is -0.810. The van der Waals surface area contributed by atoms with Crippen LogP contribution in [0, 0.1) is 0 Å². The normalized spacial score (nSPS) is 11.1. The van der Waals surface area contributed by atoms with Gasteiger partial charge in [0.15, 0.2) is 0 Å². The van der Waals surface area contributed by atoms with Crippen molar-refractivity contribution < 1.29 is 27.1 Å². The third-order valence-electron chi connectivity index (χ3n) is 0.417. The van der Waals surface area contributed by atoms with Gasteiger partial charge in [-0.3, -0.25) is 0 Å². The van der Waals surface area contributed by atoms with Crippen LogP contribution in [0.3, 0.4) is 0 Å². The van der Waals surface area contributed by atoms with Crippen molar-refractivity contribution in [3.8, 4) is 0 Å². The first kappa shape index (κ1) is 8.19. The number of rotatable bonds is 1. The van der Waals surface area contributed by atoms with Crippen LogP contribution in [0.1, 0.15) is 0 Å². The zero-order valence-corrected chi connectivity index (χ0v) is 4.04. The average molecular weight is 146 g/mol. The quantitative estimate of drug-likeness (QED) is 0.407. The molecule has 0 bridgehead atoms. The Morgan fingerprint density at radius 1 is 1.44 bits per heavy atom. The van der Waals surface area contributed by atoms with Gasteiger partial charge in [0.2, 0.25) is 6.86 Å². The number of esters is 1. The van der Waals surface area contributed by atoms with Crippen LogP contribution in [0.2, 0.25) is 0 Å². The van der Waals surface area contributed by atoms with Gasteiger partial charge < -0.3 is 4.74 Å². The van der Waals surface area contributed by atoms with Crippen molar-refractivity contribution in [1.29, 1.82) is 0 Å². The Balaban J connectivity index is 3.74. The van der Waals surface area contributed by atoms with Crippen LogP contribution < -0.4 is 0 Å². The van der Waals surface area contributed by atoms with E-state index in [0.717, 1.165) is 0 Å². The Kier molecular flexibility index (Phi) is 2.41. The second-order valence-corrected chi connectivity index (χ2v) is 1.04. The maximum Gasteiger partial charge on any atom is 0.491 e. The van der Waals surface area contributed by atoms with Gasteiger partial charge in [-0.2, -0.15) is 13.2 Å². The van der Waals surface area contributed by atoms with Gasteiger partial charge in [0.05, 0.1) is 0 Å². The lowest BCUT2D eigenvalue weighted by molar-refractivity contribution is -0.203. The highest BCUT2D eigenvalue weighted by Gasteiger charge is 2.40. The van der Waals surface area contributed by atoms with Gasteiger partial charge in [-0.05, 0) is 0 Å². The number of carbonyl (C=O) groups is 1. The highest BCUT2D eigenvalue weighted by Crippen LogP contribution is 2.15. The molecule has 0 fully saturated rings. The second kappa shape index (κ2) is 2.65. The first-order chi connectivity index (χ1) is 3.98. The summed E-state index contributed by atoms with van der Waals surface area (Å²) < 4.78 is 46.8. The molecule has 0 rings (SSSR count). The lowest BCUT2D eigenvalue weighted by atomic mass is 10.7. The van der Waals surface area contributed by atoms with E-state index in [9.17, 15) is 22.4 Å². The molecular formula is C3H2F4O2. The largest absolute Gasteiger partial charge is 0.491 e.